The molecule has 0 aromatic carbocycles. The van der Waals surface area contributed by atoms with Gasteiger partial charge in [0.25, 0.3) is 0 Å². The van der Waals surface area contributed by atoms with Gasteiger partial charge in [0.2, 0.25) is 0 Å². The summed E-state index contributed by atoms with van der Waals surface area (Å²) in [4.78, 5) is 11.8. The maximum atomic E-state index is 13.7. The topological polar surface area (TPSA) is 63.2 Å². The van der Waals surface area contributed by atoms with Crippen molar-refractivity contribution < 1.29 is 68.0 Å². The first kappa shape index (κ1) is 24.7. The monoisotopic (exact) mass is 438 g/mol. The maximum Gasteiger partial charge on any atom is 0.458 e. The van der Waals surface area contributed by atoms with Crippen molar-refractivity contribution in [3.8, 4) is 0 Å². The molecule has 0 N–H and O–H groups in total. The number of esters is 1. The van der Waals surface area contributed by atoms with Crippen LogP contribution in [0.4, 0.5) is 39.5 Å². The fourth-order valence-corrected chi connectivity index (χ4v) is 2.09. The second-order valence-electron chi connectivity index (χ2n) is 5.50. The summed E-state index contributed by atoms with van der Waals surface area (Å²) in [5, 5.41) is 0. The van der Waals surface area contributed by atoms with Gasteiger partial charge in [0.1, 0.15) is 6.61 Å². The van der Waals surface area contributed by atoms with Gasteiger partial charge in [-0.3, -0.25) is 9.47 Å². The summed E-state index contributed by atoms with van der Waals surface area (Å²) in [6.07, 6.45) is -19.3. The second kappa shape index (κ2) is 7.50. The van der Waals surface area contributed by atoms with E-state index in [2.05, 4.69) is 14.2 Å². The minimum absolute atomic E-state index is 0.106. The molecule has 0 bridgehead atoms. The molecule has 1 rings (SSSR count). The lowest BCUT2D eigenvalue weighted by Gasteiger charge is -2.31. The van der Waals surface area contributed by atoms with E-state index in [4.69, 9.17) is 9.47 Å². The van der Waals surface area contributed by atoms with Crippen LogP contribution in [0.2, 0.25) is 0 Å². The number of carbonyl (C=O) groups is 1. The molecule has 6 nitrogen and oxygen atoms in total. The summed E-state index contributed by atoms with van der Waals surface area (Å²) in [7, 11) is 0. The molecule has 0 aliphatic carbocycles. The third-order valence-corrected chi connectivity index (χ3v) is 3.30. The minimum Gasteiger partial charge on any atom is -0.456 e. The van der Waals surface area contributed by atoms with Crippen molar-refractivity contribution in [2.24, 2.45) is 0 Å². The molecule has 1 aliphatic heterocycles. The van der Waals surface area contributed by atoms with Gasteiger partial charge in [-0.1, -0.05) is 0 Å². The van der Waals surface area contributed by atoms with Gasteiger partial charge < -0.3 is 14.2 Å². The summed E-state index contributed by atoms with van der Waals surface area (Å²) in [5.41, 5.74) is 0. The van der Waals surface area contributed by atoms with Crippen molar-refractivity contribution in [3.05, 3.63) is 0 Å². The van der Waals surface area contributed by atoms with Gasteiger partial charge in [0.05, 0.1) is 0 Å². The summed E-state index contributed by atoms with van der Waals surface area (Å²) < 4.78 is 138. The Kier molecular flexibility index (Phi) is 6.62. The van der Waals surface area contributed by atoms with Crippen LogP contribution < -0.4 is 0 Å². The third kappa shape index (κ3) is 4.16. The van der Waals surface area contributed by atoms with Gasteiger partial charge in [-0.2, -0.15) is 39.5 Å². The predicted molar refractivity (Wildman–Crippen MR) is 68.4 cm³/mol. The quantitative estimate of drug-likeness (QED) is 0.345. The zero-order valence-electron chi connectivity index (χ0n) is 14.5. The highest BCUT2D eigenvalue weighted by Crippen LogP contribution is 2.59. The molecule has 1 fully saturated rings. The molecule has 2 unspecified atom stereocenters. The fraction of sp³-hybridized carbons (Fsp3) is 0.923. The number of rotatable bonds is 7. The van der Waals surface area contributed by atoms with Crippen LogP contribution in [0.1, 0.15) is 20.8 Å². The highest BCUT2D eigenvalue weighted by molar-refractivity contribution is 5.79. The van der Waals surface area contributed by atoms with Crippen molar-refractivity contribution in [2.75, 3.05) is 19.8 Å². The number of carbonyl (C=O) groups excluding carboxylic acids is 1. The molecule has 0 amide bonds. The van der Waals surface area contributed by atoms with Crippen LogP contribution in [0, 0.1) is 0 Å². The first-order valence-electron chi connectivity index (χ1n) is 7.47. The summed E-state index contributed by atoms with van der Waals surface area (Å²) in [6.45, 7) is 2.50. The number of hydrogen-bond acceptors (Lipinski definition) is 6. The Bertz CT molecular complexity index is 572. The smallest absolute Gasteiger partial charge is 0.456 e. The van der Waals surface area contributed by atoms with Crippen molar-refractivity contribution in [1.82, 2.24) is 0 Å². The molecule has 0 radical (unpaired) electrons. The molecule has 0 saturated carbocycles. The molecular weight excluding hydrogens is 423 g/mol. The van der Waals surface area contributed by atoms with Crippen LogP contribution in [-0.2, 0) is 28.5 Å². The van der Waals surface area contributed by atoms with Gasteiger partial charge >= 0.3 is 36.1 Å². The molecule has 0 spiro atoms. The fourth-order valence-electron chi connectivity index (χ4n) is 2.09. The van der Waals surface area contributed by atoms with Gasteiger partial charge in [-0.05, 0) is 20.8 Å². The number of ether oxygens (including phenoxy) is 5. The van der Waals surface area contributed by atoms with Crippen molar-refractivity contribution in [1.29, 1.82) is 0 Å². The van der Waals surface area contributed by atoms with E-state index >= 15 is 0 Å². The first-order chi connectivity index (χ1) is 12.4. The van der Waals surface area contributed by atoms with Gasteiger partial charge in [-0.15, -0.1) is 0 Å². The van der Waals surface area contributed by atoms with Crippen LogP contribution in [0.15, 0.2) is 0 Å². The molecule has 1 aliphatic rings. The molecule has 15 heteroatoms. The summed E-state index contributed by atoms with van der Waals surface area (Å²) in [5.74, 6) is -16.4. The first-order valence-corrected chi connectivity index (χ1v) is 7.47. The van der Waals surface area contributed by atoms with Crippen LogP contribution in [-0.4, -0.2) is 61.7 Å². The lowest BCUT2D eigenvalue weighted by atomic mass is 10.2. The maximum absolute atomic E-state index is 13.7. The Morgan fingerprint density at radius 1 is 0.893 bits per heavy atom. The Hall–Kier alpha value is -1.32. The van der Waals surface area contributed by atoms with E-state index in [1.807, 2.05) is 0 Å². The molecule has 1 saturated heterocycles. The molecule has 28 heavy (non-hydrogen) atoms. The normalized spacial score (nSPS) is 28.4. The molecule has 1 heterocycles. The van der Waals surface area contributed by atoms with E-state index in [9.17, 15) is 44.3 Å². The Morgan fingerprint density at radius 3 is 1.68 bits per heavy atom. The van der Waals surface area contributed by atoms with Crippen LogP contribution >= 0.6 is 0 Å². The van der Waals surface area contributed by atoms with Gasteiger partial charge in [0.15, 0.2) is 5.79 Å². The molecule has 2 atom stereocenters. The average Bonchev–Trinajstić information content (AvgIpc) is 2.73. The molecule has 0 aromatic heterocycles. The van der Waals surface area contributed by atoms with Crippen molar-refractivity contribution in [2.45, 2.75) is 56.7 Å². The molecular formula is C13H15F9O6. The zero-order chi connectivity index (χ0) is 22.2. The third-order valence-electron chi connectivity index (χ3n) is 3.30. The van der Waals surface area contributed by atoms with E-state index in [0.29, 0.717) is 0 Å². The van der Waals surface area contributed by atoms with Crippen molar-refractivity contribution in [3.63, 3.8) is 0 Å². The van der Waals surface area contributed by atoms with E-state index in [0.717, 1.165) is 6.92 Å². The second-order valence-corrected chi connectivity index (χ2v) is 5.50. The van der Waals surface area contributed by atoms with E-state index in [1.54, 1.807) is 0 Å². The summed E-state index contributed by atoms with van der Waals surface area (Å²) in [6, 6.07) is 0. The molecule has 166 valence electrons. The van der Waals surface area contributed by atoms with Crippen molar-refractivity contribution >= 4 is 5.97 Å². The highest BCUT2D eigenvalue weighted by Gasteiger charge is 2.89. The predicted octanol–water partition coefficient (Wildman–Crippen LogP) is 3.45. The van der Waals surface area contributed by atoms with E-state index in [1.165, 1.54) is 13.8 Å². The molecule has 0 aromatic rings. The zero-order valence-corrected chi connectivity index (χ0v) is 14.5. The largest absolute Gasteiger partial charge is 0.458 e. The minimum atomic E-state index is -6.69. The van der Waals surface area contributed by atoms with E-state index in [-0.39, 0.29) is 13.2 Å². The number of hydrogen-bond donors (Lipinski definition) is 0. The lowest BCUT2D eigenvalue weighted by Crippen LogP contribution is -2.57. The lowest BCUT2D eigenvalue weighted by molar-refractivity contribution is -0.398. The Labute approximate surface area is 151 Å². The van der Waals surface area contributed by atoms with Crippen LogP contribution in [0.3, 0.4) is 0 Å². The summed E-state index contributed by atoms with van der Waals surface area (Å²) >= 11 is 0. The van der Waals surface area contributed by atoms with Crippen LogP contribution in [0.5, 0.6) is 0 Å². The average molecular weight is 438 g/mol. The van der Waals surface area contributed by atoms with Gasteiger partial charge in [0, 0.05) is 13.2 Å². The van der Waals surface area contributed by atoms with Gasteiger partial charge in [-0.25, -0.2) is 4.79 Å². The highest BCUT2D eigenvalue weighted by atomic mass is 19.4. The van der Waals surface area contributed by atoms with E-state index < -0.39 is 48.5 Å². The Morgan fingerprint density at radius 2 is 1.36 bits per heavy atom. The standard InChI is InChI=1S/C13H15F9O6/c1-4-25-8(3,26-5-2)6-24-7(23)9(11(15,16)17)27-10(14,12(18,19)20)13(21,22)28-9/h4-6H2,1-3H3. The number of alkyl halides is 9. The Balaban J connectivity index is 3.25. The van der Waals surface area contributed by atoms with Crippen LogP contribution in [0.25, 0.3) is 0 Å². The SMILES string of the molecule is CCOC(C)(COC(=O)C1(C(F)(F)F)OC(F)(F)C(F)(C(F)(F)F)O1)OCC. The number of halogens is 9.